The maximum atomic E-state index is 12.9. The molecule has 1 atom stereocenters. The maximum Gasteiger partial charge on any atom is 0.306 e. The Bertz CT molecular complexity index is 1270. The summed E-state index contributed by atoms with van der Waals surface area (Å²) in [5.74, 6) is -0.868. The van der Waals surface area contributed by atoms with Crippen LogP contribution in [0.3, 0.4) is 0 Å². The SMILES string of the molecule is CCCCC/C=C\C/C=C\C/C=C\CCCCCCCCC(=O)OC(COC(=O)CCCCCCCCCCCCC/C=C\CCCCCCCCCC)COC(=O)CCCCCCCCCCCCCCC. The highest BCUT2D eigenvalue weighted by molar-refractivity contribution is 5.71. The zero-order chi connectivity index (χ0) is 52.9. The highest BCUT2D eigenvalue weighted by Gasteiger charge is 2.19. The second kappa shape index (κ2) is 61.9. The number of allylic oxidation sites excluding steroid dienone is 8. The molecule has 6 heteroatoms. The lowest BCUT2D eigenvalue weighted by Gasteiger charge is -2.18. The van der Waals surface area contributed by atoms with Crippen LogP contribution < -0.4 is 0 Å². The Kier molecular flexibility index (Phi) is 59.7. The summed E-state index contributed by atoms with van der Waals surface area (Å²) in [4.78, 5) is 38.3. The van der Waals surface area contributed by atoms with Crippen LogP contribution in [0, 0.1) is 0 Å². The van der Waals surface area contributed by atoms with E-state index < -0.39 is 6.10 Å². The molecular weight excluding hydrogens is 901 g/mol. The van der Waals surface area contributed by atoms with E-state index in [2.05, 4.69) is 69.4 Å². The van der Waals surface area contributed by atoms with Gasteiger partial charge in [0.05, 0.1) is 0 Å². The lowest BCUT2D eigenvalue weighted by molar-refractivity contribution is -0.167. The molecule has 0 heterocycles. The van der Waals surface area contributed by atoms with Crippen LogP contribution in [0.2, 0.25) is 0 Å². The number of carbonyl (C=O) groups excluding carboxylic acids is 3. The number of hydrogen-bond donors (Lipinski definition) is 0. The predicted molar refractivity (Wildman–Crippen MR) is 316 cm³/mol. The molecule has 0 saturated carbocycles. The van der Waals surface area contributed by atoms with Crippen molar-refractivity contribution in [2.45, 2.75) is 348 Å². The van der Waals surface area contributed by atoms with Gasteiger partial charge in [-0.15, -0.1) is 0 Å². The largest absolute Gasteiger partial charge is 0.462 e. The minimum absolute atomic E-state index is 0.0750. The van der Waals surface area contributed by atoms with E-state index in [1.165, 1.54) is 225 Å². The summed E-state index contributed by atoms with van der Waals surface area (Å²) in [5.41, 5.74) is 0. The van der Waals surface area contributed by atoms with Crippen LogP contribution in [0.1, 0.15) is 342 Å². The van der Waals surface area contributed by atoms with Gasteiger partial charge in [0.1, 0.15) is 13.2 Å². The molecule has 0 aliphatic heterocycles. The van der Waals surface area contributed by atoms with Crippen LogP contribution >= 0.6 is 0 Å². The molecule has 0 bridgehead atoms. The molecule has 0 saturated heterocycles. The monoisotopic (exact) mass is 1020 g/mol. The molecule has 426 valence electrons. The summed E-state index contributed by atoms with van der Waals surface area (Å²) in [6, 6.07) is 0. The molecule has 0 radical (unpaired) electrons. The fourth-order valence-corrected chi connectivity index (χ4v) is 9.45. The van der Waals surface area contributed by atoms with Crippen LogP contribution in [-0.2, 0) is 28.6 Å². The first-order chi connectivity index (χ1) is 36.0. The normalized spacial score (nSPS) is 12.3. The summed E-state index contributed by atoms with van der Waals surface area (Å²) < 4.78 is 16.9. The van der Waals surface area contributed by atoms with Gasteiger partial charge in [0.15, 0.2) is 6.10 Å². The fraction of sp³-hybridized carbons (Fsp3) is 0.836. The van der Waals surface area contributed by atoms with Crippen LogP contribution in [0.4, 0.5) is 0 Å². The molecule has 6 nitrogen and oxygen atoms in total. The third-order valence-corrected chi connectivity index (χ3v) is 14.3. The molecule has 0 spiro atoms. The first kappa shape index (κ1) is 70.4. The Balaban J connectivity index is 4.31. The number of esters is 3. The van der Waals surface area contributed by atoms with Gasteiger partial charge in [-0.1, -0.05) is 288 Å². The summed E-state index contributed by atoms with van der Waals surface area (Å²) in [7, 11) is 0. The molecule has 0 aromatic rings. The molecular formula is C67H122O6. The quantitative estimate of drug-likeness (QED) is 0.0261. The molecule has 0 N–H and O–H groups in total. The Labute approximate surface area is 454 Å². The van der Waals surface area contributed by atoms with Gasteiger partial charge in [-0.3, -0.25) is 14.4 Å². The van der Waals surface area contributed by atoms with Crippen LogP contribution in [0.25, 0.3) is 0 Å². The van der Waals surface area contributed by atoms with Crippen molar-refractivity contribution in [2.24, 2.45) is 0 Å². The maximum absolute atomic E-state index is 12.9. The summed E-state index contributed by atoms with van der Waals surface area (Å²) in [6.07, 6.45) is 76.8. The fourth-order valence-electron chi connectivity index (χ4n) is 9.45. The van der Waals surface area contributed by atoms with Crippen LogP contribution in [0.15, 0.2) is 48.6 Å². The average Bonchev–Trinajstić information content (AvgIpc) is 3.39. The highest BCUT2D eigenvalue weighted by Crippen LogP contribution is 2.17. The van der Waals surface area contributed by atoms with Gasteiger partial charge in [0.2, 0.25) is 0 Å². The van der Waals surface area contributed by atoms with Crippen molar-refractivity contribution < 1.29 is 28.6 Å². The van der Waals surface area contributed by atoms with Crippen molar-refractivity contribution in [3.63, 3.8) is 0 Å². The van der Waals surface area contributed by atoms with Crippen molar-refractivity contribution in [3.05, 3.63) is 48.6 Å². The molecule has 0 aliphatic rings. The van der Waals surface area contributed by atoms with E-state index in [1.807, 2.05) is 0 Å². The van der Waals surface area contributed by atoms with E-state index in [1.54, 1.807) is 0 Å². The van der Waals surface area contributed by atoms with Crippen LogP contribution in [0.5, 0.6) is 0 Å². The first-order valence-electron chi connectivity index (χ1n) is 32.1. The van der Waals surface area contributed by atoms with Gasteiger partial charge in [0.25, 0.3) is 0 Å². The van der Waals surface area contributed by atoms with Gasteiger partial charge in [0, 0.05) is 19.3 Å². The molecule has 0 rings (SSSR count). The van der Waals surface area contributed by atoms with E-state index in [4.69, 9.17) is 14.2 Å². The molecule has 1 unspecified atom stereocenters. The molecule has 0 fully saturated rings. The van der Waals surface area contributed by atoms with E-state index in [-0.39, 0.29) is 31.1 Å². The van der Waals surface area contributed by atoms with E-state index in [9.17, 15) is 14.4 Å². The molecule has 0 aliphatic carbocycles. The number of rotatable bonds is 59. The topological polar surface area (TPSA) is 78.9 Å². The second-order valence-electron chi connectivity index (χ2n) is 21.7. The minimum atomic E-state index is -0.779. The lowest BCUT2D eigenvalue weighted by atomic mass is 10.0. The number of hydrogen-bond acceptors (Lipinski definition) is 6. The average molecular weight is 1020 g/mol. The number of carbonyl (C=O) groups is 3. The highest BCUT2D eigenvalue weighted by atomic mass is 16.6. The standard InChI is InChI=1S/C67H122O6/c1-4-7-10-13-16-19-22-25-27-29-31-32-33-34-36-37-39-42-45-48-51-54-57-60-66(69)72-63-64(62-71-65(68)59-56-53-50-47-44-41-24-21-18-15-12-9-6-3)73-67(70)61-58-55-52-49-46-43-40-38-35-30-28-26-23-20-17-14-11-8-5-2/h17,20,26,28-29,31,35,38,64H,4-16,18-19,21-25,27,30,32-34,36-37,39-63H2,1-3H3/b20-17-,28-26-,31-29-,38-35-. The molecule has 0 aromatic heterocycles. The van der Waals surface area contributed by atoms with Gasteiger partial charge < -0.3 is 14.2 Å². The first-order valence-corrected chi connectivity index (χ1v) is 32.1. The van der Waals surface area contributed by atoms with Crippen LogP contribution in [-0.4, -0.2) is 37.2 Å². The number of ether oxygens (including phenoxy) is 3. The van der Waals surface area contributed by atoms with E-state index in [0.29, 0.717) is 19.3 Å². The van der Waals surface area contributed by atoms with Gasteiger partial charge in [-0.2, -0.15) is 0 Å². The smallest absolute Gasteiger partial charge is 0.306 e. The summed E-state index contributed by atoms with van der Waals surface area (Å²) in [6.45, 7) is 6.65. The van der Waals surface area contributed by atoms with E-state index >= 15 is 0 Å². The van der Waals surface area contributed by atoms with Gasteiger partial charge in [-0.05, 0) is 83.5 Å². The third-order valence-electron chi connectivity index (χ3n) is 14.3. The Hall–Kier alpha value is -2.63. The minimum Gasteiger partial charge on any atom is -0.462 e. The van der Waals surface area contributed by atoms with Gasteiger partial charge >= 0.3 is 17.9 Å². The van der Waals surface area contributed by atoms with Crippen molar-refractivity contribution >= 4 is 17.9 Å². The summed E-state index contributed by atoms with van der Waals surface area (Å²) in [5, 5.41) is 0. The lowest BCUT2D eigenvalue weighted by Crippen LogP contribution is -2.30. The predicted octanol–water partition coefficient (Wildman–Crippen LogP) is 21.8. The van der Waals surface area contributed by atoms with E-state index in [0.717, 1.165) is 77.0 Å². The molecule has 0 aromatic carbocycles. The zero-order valence-electron chi connectivity index (χ0n) is 48.9. The zero-order valence-corrected chi connectivity index (χ0v) is 48.9. The summed E-state index contributed by atoms with van der Waals surface area (Å²) >= 11 is 0. The second-order valence-corrected chi connectivity index (χ2v) is 21.7. The van der Waals surface area contributed by atoms with Gasteiger partial charge in [-0.25, -0.2) is 0 Å². The molecule has 73 heavy (non-hydrogen) atoms. The third kappa shape index (κ3) is 60.1. The Morgan fingerprint density at radius 1 is 0.274 bits per heavy atom. The van der Waals surface area contributed by atoms with Crippen molar-refractivity contribution in [1.82, 2.24) is 0 Å². The van der Waals surface area contributed by atoms with Crippen molar-refractivity contribution in [3.8, 4) is 0 Å². The van der Waals surface area contributed by atoms with Crippen molar-refractivity contribution in [1.29, 1.82) is 0 Å². The Morgan fingerprint density at radius 3 is 0.808 bits per heavy atom. The van der Waals surface area contributed by atoms with Crippen molar-refractivity contribution in [2.75, 3.05) is 13.2 Å². The Morgan fingerprint density at radius 2 is 0.493 bits per heavy atom. The molecule has 0 amide bonds. The number of unbranched alkanes of at least 4 members (excludes halogenated alkanes) is 40.